The molecule has 0 atom stereocenters. The van der Waals surface area contributed by atoms with Crippen molar-refractivity contribution >= 4 is 5.65 Å². The molecule has 2 heterocycles. The third kappa shape index (κ3) is 1.99. The molecule has 2 aromatic rings. The SMILES string of the molecule is CCCc1nc2cc(C)c(C(C)C)c(=O)n2[nH]1. The molecule has 4 nitrogen and oxygen atoms in total. The zero-order valence-electron chi connectivity index (χ0n) is 10.9. The Kier molecular flexibility index (Phi) is 3.05. The Morgan fingerprint density at radius 2 is 2.18 bits per heavy atom. The number of hydrogen-bond acceptors (Lipinski definition) is 2. The number of aromatic nitrogens is 3. The number of fused-ring (bicyclic) bond motifs is 1. The number of hydrogen-bond donors (Lipinski definition) is 1. The van der Waals surface area contributed by atoms with E-state index in [-0.39, 0.29) is 11.5 Å². The second-order valence-electron chi connectivity index (χ2n) is 4.81. The lowest BCUT2D eigenvalue weighted by Crippen LogP contribution is -2.21. The predicted octanol–water partition coefficient (Wildman–Crippen LogP) is 2.41. The lowest BCUT2D eigenvalue weighted by Gasteiger charge is -2.08. The van der Waals surface area contributed by atoms with Crippen LogP contribution in [0.5, 0.6) is 0 Å². The van der Waals surface area contributed by atoms with Gasteiger partial charge >= 0.3 is 0 Å². The summed E-state index contributed by atoms with van der Waals surface area (Å²) in [5.74, 6) is 1.11. The van der Waals surface area contributed by atoms with Gasteiger partial charge in [-0.2, -0.15) is 4.52 Å². The van der Waals surface area contributed by atoms with Crippen molar-refractivity contribution in [3.63, 3.8) is 0 Å². The smallest absolute Gasteiger partial charge is 0.274 e. The monoisotopic (exact) mass is 233 g/mol. The van der Waals surface area contributed by atoms with E-state index in [1.165, 1.54) is 0 Å². The van der Waals surface area contributed by atoms with Crippen molar-refractivity contribution in [2.24, 2.45) is 0 Å². The number of H-pyrrole nitrogens is 1. The minimum absolute atomic E-state index is 0.0323. The van der Waals surface area contributed by atoms with E-state index in [2.05, 4.69) is 17.0 Å². The molecule has 0 spiro atoms. The summed E-state index contributed by atoms with van der Waals surface area (Å²) in [7, 11) is 0. The second kappa shape index (κ2) is 4.35. The fourth-order valence-corrected chi connectivity index (χ4v) is 2.26. The van der Waals surface area contributed by atoms with Crippen LogP contribution in [0.2, 0.25) is 0 Å². The number of nitrogens with zero attached hydrogens (tertiary/aromatic N) is 2. The van der Waals surface area contributed by atoms with Gasteiger partial charge in [0.2, 0.25) is 0 Å². The summed E-state index contributed by atoms with van der Waals surface area (Å²) in [4.78, 5) is 16.7. The third-order valence-electron chi connectivity index (χ3n) is 2.99. The number of pyridine rings is 1. The zero-order valence-corrected chi connectivity index (χ0v) is 10.9. The molecule has 0 aliphatic carbocycles. The van der Waals surface area contributed by atoms with Crippen LogP contribution in [0.4, 0.5) is 0 Å². The van der Waals surface area contributed by atoms with E-state index in [9.17, 15) is 4.79 Å². The fraction of sp³-hybridized carbons (Fsp3) is 0.538. The lowest BCUT2D eigenvalue weighted by atomic mass is 10.0. The van der Waals surface area contributed by atoms with Gasteiger partial charge in [-0.1, -0.05) is 20.8 Å². The predicted molar refractivity (Wildman–Crippen MR) is 68.6 cm³/mol. The second-order valence-corrected chi connectivity index (χ2v) is 4.81. The van der Waals surface area contributed by atoms with Crippen LogP contribution in [0.25, 0.3) is 5.65 Å². The summed E-state index contributed by atoms with van der Waals surface area (Å²) in [5.41, 5.74) is 2.65. The van der Waals surface area contributed by atoms with Gasteiger partial charge < -0.3 is 0 Å². The van der Waals surface area contributed by atoms with E-state index in [0.29, 0.717) is 0 Å². The summed E-state index contributed by atoms with van der Waals surface area (Å²) >= 11 is 0. The van der Waals surface area contributed by atoms with Crippen LogP contribution in [-0.4, -0.2) is 14.6 Å². The summed E-state index contributed by atoms with van der Waals surface area (Å²) in [6.07, 6.45) is 1.89. The van der Waals surface area contributed by atoms with Gasteiger partial charge in [-0.25, -0.2) is 4.98 Å². The normalized spacial score (nSPS) is 11.6. The minimum atomic E-state index is 0.0323. The van der Waals surface area contributed by atoms with Crippen molar-refractivity contribution in [1.29, 1.82) is 0 Å². The Hall–Kier alpha value is -1.58. The van der Waals surface area contributed by atoms with Gasteiger partial charge in [0.25, 0.3) is 5.56 Å². The average molecular weight is 233 g/mol. The molecule has 92 valence electrons. The van der Waals surface area contributed by atoms with Crippen molar-refractivity contribution in [3.05, 3.63) is 33.4 Å². The highest BCUT2D eigenvalue weighted by molar-refractivity contribution is 5.44. The van der Waals surface area contributed by atoms with Crippen molar-refractivity contribution in [1.82, 2.24) is 14.6 Å². The highest BCUT2D eigenvalue weighted by Crippen LogP contribution is 2.15. The number of aromatic amines is 1. The number of aryl methyl sites for hydroxylation is 2. The van der Waals surface area contributed by atoms with E-state index in [1.807, 2.05) is 26.8 Å². The Morgan fingerprint density at radius 3 is 2.76 bits per heavy atom. The van der Waals surface area contributed by atoms with E-state index >= 15 is 0 Å². The van der Waals surface area contributed by atoms with Crippen molar-refractivity contribution in [2.45, 2.75) is 46.5 Å². The summed E-state index contributed by atoms with van der Waals surface area (Å²) in [6.45, 7) is 8.16. The first-order valence-corrected chi connectivity index (χ1v) is 6.15. The molecule has 0 amide bonds. The molecule has 2 aromatic heterocycles. The number of rotatable bonds is 3. The van der Waals surface area contributed by atoms with Gasteiger partial charge in [0.15, 0.2) is 5.65 Å². The Labute approximate surface area is 101 Å². The van der Waals surface area contributed by atoms with Crippen molar-refractivity contribution < 1.29 is 0 Å². The first-order chi connectivity index (χ1) is 8.04. The van der Waals surface area contributed by atoms with Crippen LogP contribution >= 0.6 is 0 Å². The van der Waals surface area contributed by atoms with Crippen LogP contribution < -0.4 is 5.56 Å². The van der Waals surface area contributed by atoms with Crippen LogP contribution in [-0.2, 0) is 6.42 Å². The Morgan fingerprint density at radius 1 is 1.47 bits per heavy atom. The van der Waals surface area contributed by atoms with E-state index in [1.54, 1.807) is 4.52 Å². The summed E-state index contributed by atoms with van der Waals surface area (Å²) < 4.78 is 1.56. The maximum atomic E-state index is 12.3. The van der Waals surface area contributed by atoms with Crippen molar-refractivity contribution in [3.8, 4) is 0 Å². The van der Waals surface area contributed by atoms with Crippen LogP contribution in [0.3, 0.4) is 0 Å². The topological polar surface area (TPSA) is 50.2 Å². The van der Waals surface area contributed by atoms with Crippen LogP contribution in [0.15, 0.2) is 10.9 Å². The molecule has 0 saturated carbocycles. The Balaban J connectivity index is 2.70. The van der Waals surface area contributed by atoms with Gasteiger partial charge in [0, 0.05) is 12.0 Å². The lowest BCUT2D eigenvalue weighted by molar-refractivity contribution is 0.776. The van der Waals surface area contributed by atoms with E-state index < -0.39 is 0 Å². The third-order valence-corrected chi connectivity index (χ3v) is 2.99. The highest BCUT2D eigenvalue weighted by Gasteiger charge is 2.13. The molecular weight excluding hydrogens is 214 g/mol. The Bertz CT molecular complexity index is 592. The maximum Gasteiger partial charge on any atom is 0.274 e. The van der Waals surface area contributed by atoms with Gasteiger partial charge in [-0.15, -0.1) is 0 Å². The fourth-order valence-electron chi connectivity index (χ4n) is 2.26. The highest BCUT2D eigenvalue weighted by atomic mass is 16.1. The summed E-state index contributed by atoms with van der Waals surface area (Å²) in [6, 6.07) is 1.98. The molecule has 0 aliphatic rings. The molecule has 0 fully saturated rings. The van der Waals surface area contributed by atoms with E-state index in [0.717, 1.165) is 35.4 Å². The largest absolute Gasteiger partial charge is 0.276 e. The number of nitrogens with one attached hydrogen (secondary N) is 1. The van der Waals surface area contributed by atoms with Gasteiger partial charge in [-0.3, -0.25) is 9.89 Å². The molecule has 0 saturated heterocycles. The van der Waals surface area contributed by atoms with E-state index in [4.69, 9.17) is 0 Å². The van der Waals surface area contributed by atoms with Crippen LogP contribution in [0, 0.1) is 6.92 Å². The molecule has 0 bridgehead atoms. The molecule has 2 rings (SSSR count). The summed E-state index contributed by atoms with van der Waals surface area (Å²) in [5, 5.41) is 3.08. The quantitative estimate of drug-likeness (QED) is 0.885. The molecular formula is C13H19N3O. The standard InChI is InChI=1S/C13H19N3O/c1-5-6-10-14-11-7-9(4)12(8(2)3)13(17)16(11)15-10/h7-8H,5-6H2,1-4H3,(H,14,15). The van der Waals surface area contributed by atoms with Gasteiger partial charge in [0.1, 0.15) is 5.82 Å². The minimum Gasteiger partial charge on any atom is -0.276 e. The first kappa shape index (κ1) is 11.9. The average Bonchev–Trinajstić information content (AvgIpc) is 2.60. The van der Waals surface area contributed by atoms with Gasteiger partial charge in [0.05, 0.1) is 0 Å². The molecule has 0 aliphatic heterocycles. The van der Waals surface area contributed by atoms with Crippen LogP contribution in [0.1, 0.15) is 50.1 Å². The molecule has 4 heteroatoms. The molecule has 0 aromatic carbocycles. The first-order valence-electron chi connectivity index (χ1n) is 6.15. The maximum absolute atomic E-state index is 12.3. The molecule has 1 N–H and O–H groups in total. The zero-order chi connectivity index (χ0) is 12.6. The molecule has 17 heavy (non-hydrogen) atoms. The van der Waals surface area contributed by atoms with Gasteiger partial charge in [-0.05, 0) is 30.9 Å². The van der Waals surface area contributed by atoms with Crippen molar-refractivity contribution in [2.75, 3.05) is 0 Å². The molecule has 0 unspecified atom stereocenters. The molecule has 0 radical (unpaired) electrons.